The number of anilines is 1. The smallest absolute Gasteiger partial charge is 0.257 e. The lowest BCUT2D eigenvalue weighted by molar-refractivity contribution is 0.102. The first-order valence-corrected chi connectivity index (χ1v) is 8.66. The Kier molecular flexibility index (Phi) is 5.38. The number of nitrogens with zero attached hydrogens (tertiary/aromatic N) is 1. The van der Waals surface area contributed by atoms with Gasteiger partial charge in [-0.2, -0.15) is 0 Å². The average molecular weight is 370 g/mol. The highest BCUT2D eigenvalue weighted by Crippen LogP contribution is 2.29. The van der Waals surface area contributed by atoms with Crippen molar-refractivity contribution in [2.24, 2.45) is 0 Å². The highest BCUT2D eigenvalue weighted by Gasteiger charge is 2.13. The van der Waals surface area contributed by atoms with Gasteiger partial charge in [0.25, 0.3) is 5.91 Å². The average Bonchev–Trinajstić information content (AvgIpc) is 3.15. The van der Waals surface area contributed by atoms with Crippen LogP contribution in [0.25, 0.3) is 11.3 Å². The van der Waals surface area contributed by atoms with Gasteiger partial charge in [-0.15, -0.1) is 11.3 Å². The third-order valence-electron chi connectivity index (χ3n) is 3.74. The zero-order valence-corrected chi connectivity index (χ0v) is 15.4. The van der Waals surface area contributed by atoms with Gasteiger partial charge in [0.05, 0.1) is 27.0 Å². The van der Waals surface area contributed by atoms with Crippen molar-refractivity contribution >= 4 is 22.4 Å². The zero-order chi connectivity index (χ0) is 18.5. The highest BCUT2D eigenvalue weighted by molar-refractivity contribution is 7.14. The quantitative estimate of drug-likeness (QED) is 0.708. The Bertz CT molecular complexity index is 923. The third-order valence-corrected chi connectivity index (χ3v) is 4.49. The molecule has 1 heterocycles. The number of methoxy groups -OCH3 is 3. The molecule has 2 aromatic carbocycles. The van der Waals surface area contributed by atoms with Gasteiger partial charge in [-0.3, -0.25) is 10.1 Å². The summed E-state index contributed by atoms with van der Waals surface area (Å²) in [4.78, 5) is 16.9. The van der Waals surface area contributed by atoms with Crippen LogP contribution in [-0.2, 0) is 0 Å². The molecule has 0 bridgehead atoms. The number of hydrogen-bond donors (Lipinski definition) is 1. The summed E-state index contributed by atoms with van der Waals surface area (Å²) in [5.74, 6) is 1.55. The van der Waals surface area contributed by atoms with Crippen LogP contribution in [0.2, 0.25) is 0 Å². The second-order valence-electron chi connectivity index (χ2n) is 5.29. The molecular weight excluding hydrogens is 352 g/mol. The molecule has 1 N–H and O–H groups in total. The lowest BCUT2D eigenvalue weighted by Gasteiger charge is -2.09. The molecule has 134 valence electrons. The van der Waals surface area contributed by atoms with Gasteiger partial charge >= 0.3 is 0 Å². The van der Waals surface area contributed by atoms with Crippen molar-refractivity contribution in [2.45, 2.75) is 0 Å². The standard InChI is InChI=1S/C19H18N2O4S/c1-23-14-6-4-5-12(9-14)15-11-26-19(20-15)21-18(22)13-7-8-16(24-2)17(10-13)25-3/h4-11H,1-3H3,(H,20,21,22). The molecule has 1 aromatic heterocycles. The van der Waals surface area contributed by atoms with Crippen molar-refractivity contribution in [3.05, 3.63) is 53.4 Å². The van der Waals surface area contributed by atoms with Gasteiger partial charge < -0.3 is 14.2 Å². The molecule has 0 spiro atoms. The Morgan fingerprint density at radius 3 is 2.54 bits per heavy atom. The second-order valence-corrected chi connectivity index (χ2v) is 6.15. The van der Waals surface area contributed by atoms with E-state index in [4.69, 9.17) is 14.2 Å². The summed E-state index contributed by atoms with van der Waals surface area (Å²) >= 11 is 1.36. The van der Waals surface area contributed by atoms with Crippen molar-refractivity contribution in [2.75, 3.05) is 26.6 Å². The van der Waals surface area contributed by atoms with E-state index in [-0.39, 0.29) is 5.91 Å². The van der Waals surface area contributed by atoms with E-state index in [1.165, 1.54) is 18.4 Å². The number of carbonyl (C=O) groups excluding carboxylic acids is 1. The van der Waals surface area contributed by atoms with Gasteiger partial charge in [-0.25, -0.2) is 4.98 Å². The van der Waals surface area contributed by atoms with Crippen LogP contribution in [0.1, 0.15) is 10.4 Å². The van der Waals surface area contributed by atoms with Crippen LogP contribution >= 0.6 is 11.3 Å². The van der Waals surface area contributed by atoms with Gasteiger partial charge in [0, 0.05) is 16.5 Å². The van der Waals surface area contributed by atoms with Crippen LogP contribution in [0.15, 0.2) is 47.8 Å². The molecule has 3 aromatic rings. The monoisotopic (exact) mass is 370 g/mol. The number of amides is 1. The van der Waals surface area contributed by atoms with E-state index in [0.29, 0.717) is 22.2 Å². The number of carbonyl (C=O) groups is 1. The summed E-state index contributed by atoms with van der Waals surface area (Å²) in [7, 11) is 4.70. The maximum absolute atomic E-state index is 12.5. The molecule has 0 unspecified atom stereocenters. The predicted octanol–water partition coefficient (Wildman–Crippen LogP) is 4.09. The van der Waals surface area contributed by atoms with E-state index >= 15 is 0 Å². The minimum absolute atomic E-state index is 0.266. The summed E-state index contributed by atoms with van der Waals surface area (Å²) in [6.45, 7) is 0. The van der Waals surface area contributed by atoms with Crippen LogP contribution in [-0.4, -0.2) is 32.2 Å². The van der Waals surface area contributed by atoms with Gasteiger partial charge in [-0.1, -0.05) is 12.1 Å². The zero-order valence-electron chi connectivity index (χ0n) is 14.6. The Morgan fingerprint density at radius 2 is 1.81 bits per heavy atom. The molecule has 0 fully saturated rings. The number of thiazole rings is 1. The molecule has 26 heavy (non-hydrogen) atoms. The molecule has 0 saturated heterocycles. The van der Waals surface area contributed by atoms with Gasteiger partial charge in [-0.05, 0) is 30.3 Å². The summed E-state index contributed by atoms with van der Waals surface area (Å²) < 4.78 is 15.6. The maximum atomic E-state index is 12.5. The largest absolute Gasteiger partial charge is 0.497 e. The Balaban J connectivity index is 1.77. The van der Waals surface area contributed by atoms with E-state index in [9.17, 15) is 4.79 Å². The van der Waals surface area contributed by atoms with Crippen LogP contribution in [0.4, 0.5) is 5.13 Å². The molecule has 0 aliphatic carbocycles. The van der Waals surface area contributed by atoms with Crippen molar-refractivity contribution in [3.8, 4) is 28.5 Å². The fourth-order valence-corrected chi connectivity index (χ4v) is 3.11. The molecular formula is C19H18N2O4S. The number of hydrogen-bond acceptors (Lipinski definition) is 6. The van der Waals surface area contributed by atoms with E-state index in [1.807, 2.05) is 29.6 Å². The lowest BCUT2D eigenvalue weighted by Crippen LogP contribution is -2.12. The Labute approximate surface area is 155 Å². The predicted molar refractivity (Wildman–Crippen MR) is 102 cm³/mol. The SMILES string of the molecule is COc1cccc(-c2csc(NC(=O)c3ccc(OC)c(OC)c3)n2)c1. The third kappa shape index (κ3) is 3.78. The minimum Gasteiger partial charge on any atom is -0.497 e. The van der Waals surface area contributed by atoms with Crippen molar-refractivity contribution in [1.29, 1.82) is 0 Å². The highest BCUT2D eigenvalue weighted by atomic mass is 32.1. The number of benzene rings is 2. The molecule has 7 heteroatoms. The summed E-state index contributed by atoms with van der Waals surface area (Å²) in [5, 5.41) is 5.21. The minimum atomic E-state index is -0.266. The Hall–Kier alpha value is -3.06. The number of rotatable bonds is 6. The molecule has 0 saturated carbocycles. The number of ether oxygens (including phenoxy) is 3. The van der Waals surface area contributed by atoms with E-state index in [2.05, 4.69) is 10.3 Å². The molecule has 1 amide bonds. The van der Waals surface area contributed by atoms with Crippen LogP contribution in [0, 0.1) is 0 Å². The van der Waals surface area contributed by atoms with Gasteiger partial charge in [0.1, 0.15) is 5.75 Å². The summed E-state index contributed by atoms with van der Waals surface area (Å²) in [6, 6.07) is 12.6. The molecule has 0 atom stereocenters. The van der Waals surface area contributed by atoms with Crippen molar-refractivity contribution in [1.82, 2.24) is 4.98 Å². The topological polar surface area (TPSA) is 69.7 Å². The fourth-order valence-electron chi connectivity index (χ4n) is 2.39. The van der Waals surface area contributed by atoms with E-state index in [0.717, 1.165) is 17.0 Å². The first-order chi connectivity index (χ1) is 12.6. The van der Waals surface area contributed by atoms with E-state index < -0.39 is 0 Å². The number of nitrogens with one attached hydrogen (secondary N) is 1. The van der Waals surface area contributed by atoms with Crippen LogP contribution in [0.5, 0.6) is 17.2 Å². The van der Waals surface area contributed by atoms with Crippen LogP contribution < -0.4 is 19.5 Å². The summed E-state index contributed by atoms with van der Waals surface area (Å²) in [5.41, 5.74) is 2.16. The normalized spacial score (nSPS) is 10.3. The fraction of sp³-hybridized carbons (Fsp3) is 0.158. The molecule has 0 aliphatic rings. The molecule has 0 radical (unpaired) electrons. The van der Waals surface area contributed by atoms with Crippen molar-refractivity contribution in [3.63, 3.8) is 0 Å². The molecule has 6 nitrogen and oxygen atoms in total. The second kappa shape index (κ2) is 7.88. The lowest BCUT2D eigenvalue weighted by atomic mass is 10.2. The van der Waals surface area contributed by atoms with Gasteiger partial charge in [0.15, 0.2) is 16.6 Å². The Morgan fingerprint density at radius 1 is 1.00 bits per heavy atom. The maximum Gasteiger partial charge on any atom is 0.257 e. The van der Waals surface area contributed by atoms with E-state index in [1.54, 1.807) is 32.4 Å². The van der Waals surface area contributed by atoms with Crippen LogP contribution in [0.3, 0.4) is 0 Å². The summed E-state index contributed by atoms with van der Waals surface area (Å²) in [6.07, 6.45) is 0. The number of aromatic nitrogens is 1. The van der Waals surface area contributed by atoms with Gasteiger partial charge in [0.2, 0.25) is 0 Å². The first kappa shape index (κ1) is 17.8. The van der Waals surface area contributed by atoms with Crippen molar-refractivity contribution < 1.29 is 19.0 Å². The molecule has 3 rings (SSSR count). The first-order valence-electron chi connectivity index (χ1n) is 7.78. The molecule has 0 aliphatic heterocycles.